The van der Waals surface area contributed by atoms with Gasteiger partial charge in [-0.25, -0.2) is 4.99 Å². The van der Waals surface area contributed by atoms with E-state index in [0.717, 1.165) is 24.5 Å². The first kappa shape index (κ1) is 24.8. The van der Waals surface area contributed by atoms with Gasteiger partial charge in [-0.1, -0.05) is 90.4 Å². The third kappa shape index (κ3) is 13.9. The lowest BCUT2D eigenvalue weighted by Crippen LogP contribution is -2.12. The van der Waals surface area contributed by atoms with Crippen molar-refractivity contribution in [1.29, 1.82) is 0 Å². The highest BCUT2D eigenvalue weighted by atomic mass is 35.5. The second kappa shape index (κ2) is 17.8. The number of alkyl halides is 1. The molecule has 1 rings (SSSR count). The van der Waals surface area contributed by atoms with E-state index in [4.69, 9.17) is 22.1 Å². The fourth-order valence-corrected chi connectivity index (χ4v) is 3.36. The zero-order valence-electron chi connectivity index (χ0n) is 17.9. The lowest BCUT2D eigenvalue weighted by Gasteiger charge is -2.07. The van der Waals surface area contributed by atoms with E-state index in [1.807, 2.05) is 24.3 Å². The summed E-state index contributed by atoms with van der Waals surface area (Å²) in [5, 5.41) is 0. The Morgan fingerprint density at radius 1 is 0.786 bits per heavy atom. The molecule has 0 aromatic heterocycles. The van der Waals surface area contributed by atoms with Crippen molar-refractivity contribution in [3.05, 3.63) is 24.3 Å². The van der Waals surface area contributed by atoms with Gasteiger partial charge >= 0.3 is 0 Å². The molecule has 0 aliphatic rings. The maximum atomic E-state index is 5.79. The summed E-state index contributed by atoms with van der Waals surface area (Å²) in [6.07, 6.45) is 19.2. The third-order valence-corrected chi connectivity index (χ3v) is 5.29. The highest BCUT2D eigenvalue weighted by Gasteiger charge is 1.97. The van der Waals surface area contributed by atoms with Gasteiger partial charge in [0.2, 0.25) is 0 Å². The number of rotatable bonds is 18. The van der Waals surface area contributed by atoms with Crippen LogP contribution >= 0.6 is 11.6 Å². The van der Waals surface area contributed by atoms with Crippen LogP contribution in [0.15, 0.2) is 29.3 Å². The second-order valence-corrected chi connectivity index (χ2v) is 7.94. The van der Waals surface area contributed by atoms with E-state index < -0.39 is 0 Å². The minimum absolute atomic E-state index is 0.247. The minimum Gasteiger partial charge on any atom is -0.494 e. The van der Waals surface area contributed by atoms with Crippen LogP contribution in [0.5, 0.6) is 5.75 Å². The van der Waals surface area contributed by atoms with Crippen LogP contribution in [-0.4, -0.2) is 18.3 Å². The van der Waals surface area contributed by atoms with Crippen molar-refractivity contribution in [3.8, 4) is 5.75 Å². The molecule has 0 aliphatic carbocycles. The maximum Gasteiger partial charge on any atom is 0.119 e. The van der Waals surface area contributed by atoms with Gasteiger partial charge in [-0.05, 0) is 30.7 Å². The molecule has 0 bridgehead atoms. The van der Waals surface area contributed by atoms with Crippen LogP contribution in [0.4, 0.5) is 5.69 Å². The van der Waals surface area contributed by atoms with E-state index >= 15 is 0 Å². The lowest BCUT2D eigenvalue weighted by molar-refractivity contribution is 0.304. The maximum absolute atomic E-state index is 5.79. The Hall–Kier alpha value is -1.22. The largest absolute Gasteiger partial charge is 0.494 e. The Morgan fingerprint density at radius 2 is 1.25 bits per heavy atom. The molecule has 0 saturated heterocycles. The molecule has 0 unspecified atom stereocenters. The smallest absolute Gasteiger partial charge is 0.119 e. The molecule has 1 aromatic carbocycles. The van der Waals surface area contributed by atoms with Crippen molar-refractivity contribution >= 4 is 23.1 Å². The Morgan fingerprint density at radius 3 is 1.71 bits per heavy atom. The average molecular weight is 409 g/mol. The molecule has 1 aromatic rings. The number of nitrogens with zero attached hydrogens (tertiary/aromatic N) is 1. The van der Waals surface area contributed by atoms with Gasteiger partial charge in [-0.15, -0.1) is 11.6 Å². The first-order valence-corrected chi connectivity index (χ1v) is 11.9. The van der Waals surface area contributed by atoms with Crippen LogP contribution in [0, 0.1) is 0 Å². The monoisotopic (exact) mass is 408 g/mol. The van der Waals surface area contributed by atoms with Crippen molar-refractivity contribution in [2.45, 2.75) is 96.8 Å². The Bertz CT molecular complexity index is 502. The molecule has 160 valence electrons. The summed E-state index contributed by atoms with van der Waals surface area (Å²) in [7, 11) is 0. The fraction of sp³-hybridized carbons (Fsp3) is 0.708. The molecule has 3 nitrogen and oxygen atoms in total. The molecule has 0 atom stereocenters. The van der Waals surface area contributed by atoms with E-state index in [0.29, 0.717) is 5.84 Å². The molecular formula is C24H41ClN2O. The molecule has 0 heterocycles. The van der Waals surface area contributed by atoms with Gasteiger partial charge in [0.25, 0.3) is 0 Å². The number of unbranched alkanes of at least 4 members (excludes halogenated alkanes) is 13. The van der Waals surface area contributed by atoms with Crippen LogP contribution in [0.25, 0.3) is 0 Å². The van der Waals surface area contributed by atoms with E-state index in [1.54, 1.807) is 0 Å². The lowest BCUT2D eigenvalue weighted by atomic mass is 10.0. The highest BCUT2D eigenvalue weighted by Crippen LogP contribution is 2.19. The number of amidine groups is 1. The molecule has 0 fully saturated rings. The number of aliphatic imine (C=N–C) groups is 1. The average Bonchev–Trinajstić information content (AvgIpc) is 2.72. The van der Waals surface area contributed by atoms with Gasteiger partial charge in [0, 0.05) is 0 Å². The number of ether oxygens (including phenoxy) is 1. The molecule has 0 amide bonds. The fourth-order valence-electron chi connectivity index (χ4n) is 3.30. The summed E-state index contributed by atoms with van der Waals surface area (Å²) in [5.74, 6) is 1.56. The van der Waals surface area contributed by atoms with Gasteiger partial charge < -0.3 is 10.5 Å². The summed E-state index contributed by atoms with van der Waals surface area (Å²) in [4.78, 5) is 4.20. The molecular weight excluding hydrogens is 368 g/mol. The summed E-state index contributed by atoms with van der Waals surface area (Å²) < 4.78 is 5.79. The van der Waals surface area contributed by atoms with Crippen molar-refractivity contribution in [1.82, 2.24) is 0 Å². The van der Waals surface area contributed by atoms with Gasteiger partial charge in [-0.3, -0.25) is 0 Å². The number of nitrogens with two attached hydrogens (primary N) is 1. The Balaban J connectivity index is 1.89. The van der Waals surface area contributed by atoms with E-state index in [-0.39, 0.29) is 5.88 Å². The SMILES string of the molecule is CCCCCCCCCCCCCCCCOc1ccc(N=C(N)CCl)cc1. The van der Waals surface area contributed by atoms with Crippen molar-refractivity contribution < 1.29 is 4.74 Å². The first-order chi connectivity index (χ1) is 13.8. The molecule has 0 spiro atoms. The molecule has 0 aliphatic heterocycles. The summed E-state index contributed by atoms with van der Waals surface area (Å²) in [6.45, 7) is 3.06. The summed E-state index contributed by atoms with van der Waals surface area (Å²) in [6, 6.07) is 7.67. The minimum atomic E-state index is 0.247. The van der Waals surface area contributed by atoms with Crippen molar-refractivity contribution in [3.63, 3.8) is 0 Å². The molecule has 2 N–H and O–H groups in total. The number of hydrogen-bond acceptors (Lipinski definition) is 2. The predicted molar refractivity (Wildman–Crippen MR) is 124 cm³/mol. The van der Waals surface area contributed by atoms with Crippen LogP contribution < -0.4 is 10.5 Å². The van der Waals surface area contributed by atoms with Crippen LogP contribution in [0.3, 0.4) is 0 Å². The van der Waals surface area contributed by atoms with Crippen molar-refractivity contribution in [2.24, 2.45) is 10.7 Å². The second-order valence-electron chi connectivity index (χ2n) is 7.68. The molecule has 0 radical (unpaired) electrons. The quantitative estimate of drug-likeness (QED) is 0.117. The third-order valence-electron chi connectivity index (χ3n) is 5.01. The predicted octanol–water partition coefficient (Wildman–Crippen LogP) is 7.77. The zero-order chi connectivity index (χ0) is 20.3. The van der Waals surface area contributed by atoms with Crippen LogP contribution in [0.1, 0.15) is 96.8 Å². The van der Waals surface area contributed by atoms with Crippen LogP contribution in [-0.2, 0) is 0 Å². The topological polar surface area (TPSA) is 47.6 Å². The summed E-state index contributed by atoms with van der Waals surface area (Å²) in [5.41, 5.74) is 6.44. The molecule has 4 heteroatoms. The normalized spacial score (nSPS) is 11.7. The Labute approximate surface area is 178 Å². The molecule has 0 saturated carbocycles. The van der Waals surface area contributed by atoms with Gasteiger partial charge in [0.15, 0.2) is 0 Å². The van der Waals surface area contributed by atoms with Crippen LogP contribution in [0.2, 0.25) is 0 Å². The van der Waals surface area contributed by atoms with Gasteiger partial charge in [-0.2, -0.15) is 0 Å². The highest BCUT2D eigenvalue weighted by molar-refractivity contribution is 6.28. The van der Waals surface area contributed by atoms with Crippen molar-refractivity contribution in [2.75, 3.05) is 12.5 Å². The summed E-state index contributed by atoms with van der Waals surface area (Å²) >= 11 is 5.63. The van der Waals surface area contributed by atoms with Gasteiger partial charge in [0.05, 0.1) is 18.2 Å². The first-order valence-electron chi connectivity index (χ1n) is 11.4. The van der Waals surface area contributed by atoms with Gasteiger partial charge in [0.1, 0.15) is 11.6 Å². The van der Waals surface area contributed by atoms with E-state index in [9.17, 15) is 0 Å². The standard InChI is InChI=1S/C24H41ClN2O/c1-2-3-4-5-6-7-8-9-10-11-12-13-14-15-20-28-23-18-16-22(17-19-23)27-24(26)21-25/h16-19H,2-15,20-21H2,1H3,(H2,26,27). The number of halogens is 1. The van der Waals surface area contributed by atoms with E-state index in [2.05, 4.69) is 11.9 Å². The number of hydrogen-bond donors (Lipinski definition) is 1. The molecule has 28 heavy (non-hydrogen) atoms. The zero-order valence-corrected chi connectivity index (χ0v) is 18.7. The van der Waals surface area contributed by atoms with E-state index in [1.165, 1.54) is 83.5 Å². The number of benzene rings is 1. The Kier molecular flexibility index (Phi) is 15.8.